The predicted molar refractivity (Wildman–Crippen MR) is 107 cm³/mol. The number of nitrogens with one attached hydrogen (secondary N) is 2. The maximum atomic E-state index is 13.1. The van der Waals surface area contributed by atoms with E-state index in [1.165, 1.54) is 12.1 Å². The molecule has 0 unspecified atom stereocenters. The van der Waals surface area contributed by atoms with E-state index in [0.29, 0.717) is 24.0 Å². The van der Waals surface area contributed by atoms with Crippen molar-refractivity contribution in [3.63, 3.8) is 0 Å². The number of anilines is 3. The Morgan fingerprint density at radius 3 is 2.36 bits per heavy atom. The number of benzene rings is 1. The molecule has 0 saturated heterocycles. The van der Waals surface area contributed by atoms with Gasteiger partial charge in [0.15, 0.2) is 0 Å². The van der Waals surface area contributed by atoms with Crippen molar-refractivity contribution >= 4 is 17.5 Å². The molecular weight excluding hydrogens is 355 g/mol. The number of rotatable bonds is 6. The Kier molecular flexibility index (Phi) is 5.15. The fourth-order valence-electron chi connectivity index (χ4n) is 2.68. The molecule has 138 valence electrons. The fourth-order valence-corrected chi connectivity index (χ4v) is 2.68. The van der Waals surface area contributed by atoms with E-state index < -0.39 is 0 Å². The Morgan fingerprint density at radius 1 is 0.786 bits per heavy atom. The van der Waals surface area contributed by atoms with Gasteiger partial charge in [-0.05, 0) is 41.5 Å². The van der Waals surface area contributed by atoms with E-state index in [9.17, 15) is 4.39 Å². The van der Waals surface area contributed by atoms with Gasteiger partial charge in [0.1, 0.15) is 23.3 Å². The van der Waals surface area contributed by atoms with Crippen LogP contribution in [0.2, 0.25) is 0 Å². The van der Waals surface area contributed by atoms with Gasteiger partial charge >= 0.3 is 0 Å². The summed E-state index contributed by atoms with van der Waals surface area (Å²) in [7, 11) is 0. The second-order valence-electron chi connectivity index (χ2n) is 6.06. The average Bonchev–Trinajstić information content (AvgIpc) is 2.75. The van der Waals surface area contributed by atoms with Crippen LogP contribution >= 0.6 is 0 Å². The standard InChI is InChI=1S/C21H17FN6/c22-18-5-3-15(4-6-18)12-26-19-10-17(16-2-1-7-23-13-16)11-20(27-19)28-21-14-24-8-9-25-21/h1-11,13-14H,12H2,(H2,25,26,27,28). The Labute approximate surface area is 161 Å². The lowest BCUT2D eigenvalue weighted by atomic mass is 10.1. The summed E-state index contributed by atoms with van der Waals surface area (Å²) in [6.45, 7) is 0.522. The van der Waals surface area contributed by atoms with Crippen LogP contribution in [0.4, 0.5) is 21.8 Å². The molecule has 0 aliphatic rings. The van der Waals surface area contributed by atoms with E-state index in [2.05, 4.69) is 30.6 Å². The zero-order valence-electron chi connectivity index (χ0n) is 14.9. The highest BCUT2D eigenvalue weighted by atomic mass is 19.1. The summed E-state index contributed by atoms with van der Waals surface area (Å²) in [4.78, 5) is 17.1. The first kappa shape index (κ1) is 17.5. The van der Waals surface area contributed by atoms with E-state index in [4.69, 9.17) is 0 Å². The van der Waals surface area contributed by atoms with Crippen LogP contribution in [-0.4, -0.2) is 19.9 Å². The lowest BCUT2D eigenvalue weighted by Gasteiger charge is -2.12. The van der Waals surface area contributed by atoms with E-state index in [0.717, 1.165) is 16.7 Å². The largest absolute Gasteiger partial charge is 0.366 e. The van der Waals surface area contributed by atoms with Crippen LogP contribution in [0.15, 0.2) is 79.5 Å². The van der Waals surface area contributed by atoms with Crippen molar-refractivity contribution < 1.29 is 4.39 Å². The number of pyridine rings is 2. The molecule has 7 heteroatoms. The minimum absolute atomic E-state index is 0.254. The Morgan fingerprint density at radius 2 is 1.61 bits per heavy atom. The number of nitrogens with zero attached hydrogens (tertiary/aromatic N) is 4. The molecule has 0 amide bonds. The normalized spacial score (nSPS) is 10.5. The van der Waals surface area contributed by atoms with E-state index in [1.807, 2.05) is 24.3 Å². The molecule has 0 bridgehead atoms. The number of aromatic nitrogens is 4. The van der Waals surface area contributed by atoms with Gasteiger partial charge < -0.3 is 10.6 Å². The van der Waals surface area contributed by atoms with Crippen molar-refractivity contribution in [2.75, 3.05) is 10.6 Å². The SMILES string of the molecule is Fc1ccc(CNc2cc(-c3cccnc3)cc(Nc3cnccn3)n2)cc1. The molecule has 0 fully saturated rings. The summed E-state index contributed by atoms with van der Waals surface area (Å²) in [6, 6.07) is 14.1. The smallest absolute Gasteiger partial charge is 0.150 e. The third kappa shape index (κ3) is 4.45. The minimum atomic E-state index is -0.254. The van der Waals surface area contributed by atoms with Gasteiger partial charge in [0.05, 0.1) is 6.20 Å². The van der Waals surface area contributed by atoms with Crippen LogP contribution in [0, 0.1) is 5.82 Å². The molecule has 0 aliphatic carbocycles. The van der Waals surface area contributed by atoms with Crippen LogP contribution in [0.5, 0.6) is 0 Å². The van der Waals surface area contributed by atoms with Crippen molar-refractivity contribution in [1.29, 1.82) is 0 Å². The molecule has 6 nitrogen and oxygen atoms in total. The van der Waals surface area contributed by atoms with Crippen LogP contribution < -0.4 is 10.6 Å². The van der Waals surface area contributed by atoms with E-state index >= 15 is 0 Å². The van der Waals surface area contributed by atoms with E-state index in [1.54, 1.807) is 43.1 Å². The molecule has 4 rings (SSSR count). The number of hydrogen-bond acceptors (Lipinski definition) is 6. The van der Waals surface area contributed by atoms with Crippen molar-refractivity contribution in [3.05, 3.63) is 90.9 Å². The maximum Gasteiger partial charge on any atom is 0.150 e. The number of hydrogen-bond donors (Lipinski definition) is 2. The summed E-state index contributed by atoms with van der Waals surface area (Å²) >= 11 is 0. The maximum absolute atomic E-state index is 13.1. The Balaban J connectivity index is 1.62. The van der Waals surface area contributed by atoms with Gasteiger partial charge in [0.2, 0.25) is 0 Å². The van der Waals surface area contributed by atoms with Gasteiger partial charge in [-0.1, -0.05) is 18.2 Å². The highest BCUT2D eigenvalue weighted by molar-refractivity contribution is 5.71. The highest BCUT2D eigenvalue weighted by Crippen LogP contribution is 2.25. The van der Waals surface area contributed by atoms with Gasteiger partial charge in [-0.2, -0.15) is 0 Å². The van der Waals surface area contributed by atoms with Crippen LogP contribution in [-0.2, 0) is 6.54 Å². The Bertz CT molecular complexity index is 1040. The topological polar surface area (TPSA) is 75.6 Å². The first-order valence-corrected chi connectivity index (χ1v) is 8.70. The summed E-state index contributed by atoms with van der Waals surface area (Å²) in [5.74, 6) is 1.65. The average molecular weight is 372 g/mol. The lowest BCUT2D eigenvalue weighted by molar-refractivity contribution is 0.627. The molecule has 28 heavy (non-hydrogen) atoms. The molecule has 1 aromatic carbocycles. The predicted octanol–water partition coefficient (Wildman–Crippen LogP) is 4.43. The zero-order chi connectivity index (χ0) is 19.2. The second kappa shape index (κ2) is 8.22. The van der Waals surface area contributed by atoms with Crippen LogP contribution in [0.25, 0.3) is 11.1 Å². The summed E-state index contributed by atoms with van der Waals surface area (Å²) < 4.78 is 13.1. The van der Waals surface area contributed by atoms with Gasteiger partial charge in [0, 0.05) is 36.9 Å². The van der Waals surface area contributed by atoms with Crippen molar-refractivity contribution in [2.24, 2.45) is 0 Å². The summed E-state index contributed by atoms with van der Waals surface area (Å²) in [5, 5.41) is 6.45. The highest BCUT2D eigenvalue weighted by Gasteiger charge is 2.07. The first-order valence-electron chi connectivity index (χ1n) is 8.70. The molecule has 0 saturated carbocycles. The Hall–Kier alpha value is -3.87. The third-order valence-corrected chi connectivity index (χ3v) is 4.03. The quantitative estimate of drug-likeness (QED) is 0.522. The van der Waals surface area contributed by atoms with Crippen LogP contribution in [0.1, 0.15) is 5.56 Å². The molecular formula is C21H17FN6. The van der Waals surface area contributed by atoms with Gasteiger partial charge in [-0.3, -0.25) is 9.97 Å². The second-order valence-corrected chi connectivity index (χ2v) is 6.06. The van der Waals surface area contributed by atoms with Crippen LogP contribution in [0.3, 0.4) is 0 Å². The first-order chi connectivity index (χ1) is 13.8. The van der Waals surface area contributed by atoms with E-state index in [-0.39, 0.29) is 5.82 Å². The summed E-state index contributed by atoms with van der Waals surface area (Å²) in [5.41, 5.74) is 2.88. The van der Waals surface area contributed by atoms with Gasteiger partial charge in [-0.25, -0.2) is 14.4 Å². The van der Waals surface area contributed by atoms with Crippen molar-refractivity contribution in [1.82, 2.24) is 19.9 Å². The minimum Gasteiger partial charge on any atom is -0.366 e. The molecule has 3 heterocycles. The molecule has 2 N–H and O–H groups in total. The molecule has 0 aliphatic heterocycles. The summed E-state index contributed by atoms with van der Waals surface area (Å²) in [6.07, 6.45) is 8.38. The fraction of sp³-hybridized carbons (Fsp3) is 0.0476. The molecule has 0 spiro atoms. The third-order valence-electron chi connectivity index (χ3n) is 4.03. The van der Waals surface area contributed by atoms with Crippen molar-refractivity contribution in [3.8, 4) is 11.1 Å². The van der Waals surface area contributed by atoms with Crippen molar-refractivity contribution in [2.45, 2.75) is 6.54 Å². The monoisotopic (exact) mass is 372 g/mol. The molecule has 3 aromatic heterocycles. The van der Waals surface area contributed by atoms with Gasteiger partial charge in [-0.15, -0.1) is 0 Å². The number of halogens is 1. The molecule has 0 atom stereocenters. The zero-order valence-corrected chi connectivity index (χ0v) is 14.9. The molecule has 0 radical (unpaired) electrons. The van der Waals surface area contributed by atoms with Gasteiger partial charge in [0.25, 0.3) is 0 Å². The lowest BCUT2D eigenvalue weighted by Crippen LogP contribution is -2.04. The molecule has 4 aromatic rings.